The summed E-state index contributed by atoms with van der Waals surface area (Å²) in [4.78, 5) is 60.0. The zero-order chi connectivity index (χ0) is 67.7. The van der Waals surface area contributed by atoms with Gasteiger partial charge in [0.1, 0.15) is 35.7 Å². The minimum Gasteiger partial charge on any atom is -0.507 e. The molecule has 10 rings (SSSR count). The van der Waals surface area contributed by atoms with Gasteiger partial charge in [0.25, 0.3) is 11.7 Å². The van der Waals surface area contributed by atoms with Gasteiger partial charge in [-0.2, -0.15) is 5.10 Å². The molecule has 93 heavy (non-hydrogen) atoms. The maximum Gasteiger partial charge on any atom is 0.312 e. The van der Waals surface area contributed by atoms with Gasteiger partial charge in [-0.1, -0.05) is 111 Å². The van der Waals surface area contributed by atoms with Crippen molar-refractivity contribution in [2.75, 3.05) is 56.8 Å². The number of thioether (sulfide) groups is 1. The lowest BCUT2D eigenvalue weighted by atomic mass is 9.78. The van der Waals surface area contributed by atoms with E-state index >= 15 is 0 Å². The number of piperazine rings is 1. The standard InChI is InChI=1S/C43H58N4O12.C23H23Cl2N5O3S/c1-21-12-11-13-22(2)42(55)45-33-28(20-44-47-17-15-46(9)16-18-47)37(52)30-31(38(33)53)36(51)26(6)40-32(30)41(54)43(8,59-40)57-19-14-29(56-10)23(3)39(58-27(7)48)25(5)35(50)24(4)34(21)49;1-3-10-34-23-27-26-22(30(23)28-14(2)31)13-32-20-7-5-4-6-17(20)19-12-21(33-29-19)16-9-8-15(24)11-18(16)25/h11-14,19-21,23-25,29,34-35,39,49-53H,15-18H2,1-10H3,(H,45,55);4-9,11,21H,3,10,12-13H2,1-2H3,(H,28,31)/b12-11+,19-14+,22-13-,44-20+;/t21-,23+,24+,25+,29-,34-,35+,39+,43-;/m0./s1. The van der Waals surface area contributed by atoms with Gasteiger partial charge in [0.2, 0.25) is 11.1 Å². The van der Waals surface area contributed by atoms with E-state index in [1.807, 2.05) is 37.4 Å². The van der Waals surface area contributed by atoms with E-state index in [-0.39, 0.29) is 63.1 Å². The number of rotatable bonds is 13. The molecule has 0 spiro atoms. The zero-order valence-electron chi connectivity index (χ0n) is 54.0. The maximum absolute atomic E-state index is 14.4. The second-order valence-electron chi connectivity index (χ2n) is 23.7. The number of aromatic hydroxyl groups is 3. The number of aliphatic hydroxyl groups excluding tert-OH is 2. The predicted molar refractivity (Wildman–Crippen MR) is 354 cm³/mol. The molecule has 6 heterocycles. The summed E-state index contributed by atoms with van der Waals surface area (Å²) in [6, 6.07) is 12.9. The molecular weight excluding hydrogens is 1260 g/mol. The molecule has 5 aliphatic heterocycles. The second kappa shape index (κ2) is 30.9. The van der Waals surface area contributed by atoms with Crippen molar-refractivity contribution in [1.29, 1.82) is 0 Å². The number of hydrazone groups is 1. The lowest BCUT2D eigenvalue weighted by Crippen LogP contribution is -2.46. The Morgan fingerprint density at radius 2 is 1.66 bits per heavy atom. The van der Waals surface area contributed by atoms with E-state index in [9.17, 15) is 44.7 Å². The van der Waals surface area contributed by atoms with E-state index in [1.165, 1.54) is 78.1 Å². The Bertz CT molecular complexity index is 3760. The lowest BCUT2D eigenvalue weighted by Gasteiger charge is -2.38. The number of likely N-dealkylation sites (N-methyl/N-ethyl adjacent to an activating group) is 1. The first-order valence-corrected chi connectivity index (χ1v) is 32.2. The van der Waals surface area contributed by atoms with Crippen LogP contribution in [0.25, 0.3) is 10.8 Å². The number of hydrogen-bond acceptors (Lipinski definition) is 22. The summed E-state index contributed by atoms with van der Waals surface area (Å²) in [7, 11) is 3.42. The molecular formula is C66H81Cl2N9O15S. The summed E-state index contributed by atoms with van der Waals surface area (Å²) in [5, 5.41) is 81.2. The molecule has 10 atom stereocenters. The number of benzene rings is 4. The van der Waals surface area contributed by atoms with Crippen LogP contribution in [0.3, 0.4) is 0 Å². The molecule has 27 heteroatoms. The first-order valence-electron chi connectivity index (χ1n) is 30.5. The summed E-state index contributed by atoms with van der Waals surface area (Å²) in [6.07, 6.45) is 6.05. The van der Waals surface area contributed by atoms with E-state index in [4.69, 9.17) is 51.7 Å². The van der Waals surface area contributed by atoms with Crippen LogP contribution < -0.4 is 20.2 Å². The molecule has 2 amide bonds. The van der Waals surface area contributed by atoms with Gasteiger partial charge in [-0.15, -0.1) is 10.2 Å². The van der Waals surface area contributed by atoms with Gasteiger partial charge in [0, 0.05) is 128 Å². The van der Waals surface area contributed by atoms with Gasteiger partial charge < -0.3 is 64.3 Å². The van der Waals surface area contributed by atoms with Crippen molar-refractivity contribution in [2.45, 2.75) is 130 Å². The van der Waals surface area contributed by atoms with Crippen LogP contribution >= 0.6 is 35.0 Å². The number of halogens is 2. The number of Topliss-reactive ketones (excluding diaryl/α,β-unsaturated/α-hetero) is 1. The summed E-state index contributed by atoms with van der Waals surface area (Å²) in [5.74, 6) is -6.60. The van der Waals surface area contributed by atoms with E-state index in [2.05, 4.69) is 43.0 Å². The van der Waals surface area contributed by atoms with Gasteiger partial charge in [0.15, 0.2) is 17.7 Å². The number of aliphatic hydroxyl groups is 2. The van der Waals surface area contributed by atoms with Crippen LogP contribution in [0, 0.1) is 30.6 Å². The Balaban J connectivity index is 0.000000276. The summed E-state index contributed by atoms with van der Waals surface area (Å²) < 4.78 is 31.3. The highest BCUT2D eigenvalue weighted by Crippen LogP contribution is 2.55. The number of phenolic OH excluding ortho intramolecular Hbond substituents is 3. The van der Waals surface area contributed by atoms with Crippen LogP contribution in [-0.4, -0.2) is 162 Å². The van der Waals surface area contributed by atoms with Crippen LogP contribution in [0.5, 0.6) is 28.7 Å². The summed E-state index contributed by atoms with van der Waals surface area (Å²) in [6.45, 7) is 18.7. The average Bonchev–Trinajstić information content (AvgIpc) is 1.64. The van der Waals surface area contributed by atoms with Crippen LogP contribution in [0.1, 0.15) is 120 Å². The fraction of sp³-hybridized carbons (Fsp3) is 0.455. The van der Waals surface area contributed by atoms with E-state index in [0.717, 1.165) is 42.1 Å². The van der Waals surface area contributed by atoms with Crippen LogP contribution in [0.4, 0.5) is 5.69 Å². The van der Waals surface area contributed by atoms with Crippen molar-refractivity contribution in [3.05, 3.63) is 122 Å². The number of esters is 1. The predicted octanol–water partition coefficient (Wildman–Crippen LogP) is 9.96. The van der Waals surface area contributed by atoms with Crippen molar-refractivity contribution in [1.82, 2.24) is 24.8 Å². The summed E-state index contributed by atoms with van der Waals surface area (Å²) in [5.41, 5.74) is 4.78. The summed E-state index contributed by atoms with van der Waals surface area (Å²) >= 11 is 13.9. The Hall–Kier alpha value is -7.91. The molecule has 0 aliphatic carbocycles. The van der Waals surface area contributed by atoms with E-state index in [0.29, 0.717) is 46.3 Å². The Morgan fingerprint density at radius 3 is 2.33 bits per heavy atom. The third-order valence-corrected chi connectivity index (χ3v) is 18.5. The first kappa shape index (κ1) is 70.9. The number of allylic oxidation sites excluding steroid dienone is 2. The number of phenols is 3. The number of ether oxygens (including phenoxy) is 5. The largest absolute Gasteiger partial charge is 0.507 e. The maximum atomic E-state index is 14.4. The van der Waals surface area contributed by atoms with Crippen LogP contribution in [0.2, 0.25) is 10.0 Å². The minimum absolute atomic E-state index is 0.0559. The Morgan fingerprint density at radius 1 is 0.935 bits per heavy atom. The third kappa shape index (κ3) is 16.0. The third-order valence-electron chi connectivity index (χ3n) is 16.8. The monoisotopic (exact) mass is 1340 g/mol. The molecule has 7 N–H and O–H groups in total. The molecule has 500 valence electrons. The smallest absolute Gasteiger partial charge is 0.312 e. The number of ketones is 1. The Labute approximate surface area is 554 Å². The molecule has 0 saturated carbocycles. The number of oxime groups is 1. The average molecular weight is 1340 g/mol. The number of fused-ring (bicyclic) bond motifs is 14. The number of carbonyl (C=O) groups is 4. The minimum atomic E-state index is -2.04. The van der Waals surface area contributed by atoms with E-state index < -0.39 is 88.8 Å². The number of nitrogens with one attached hydrogen (secondary N) is 2. The molecule has 1 fully saturated rings. The van der Waals surface area contributed by atoms with Crippen LogP contribution in [0.15, 0.2) is 94.0 Å². The van der Waals surface area contributed by atoms with E-state index in [1.54, 1.807) is 61.7 Å². The second-order valence-corrected chi connectivity index (χ2v) is 25.6. The molecule has 4 aromatic carbocycles. The number of amides is 2. The zero-order valence-corrected chi connectivity index (χ0v) is 56.3. The van der Waals surface area contributed by atoms with Gasteiger partial charge in [-0.25, -0.2) is 4.68 Å². The molecule has 5 aliphatic rings. The van der Waals surface area contributed by atoms with Gasteiger partial charge in [-0.05, 0) is 57.7 Å². The quantitative estimate of drug-likeness (QED) is 0.0189. The molecule has 5 aromatic rings. The SMILES string of the molecule is CCCSc1nnc(COc2ccccc2C2=NOC(c3ccc(Cl)cc3Cl)C2)n1NC(C)=O.CO[C@H]1/C=C/O[C@@]2(C)Oc3c(C)c(O)c4c(O)c(c(/C=N/N5CCN(C)CC5)c(O)c4c3C2=O)NC(=O)/C(C)=C\C=C\[C@H](C)[C@H](O)[C@@H](C)[C@@H](O)[C@@H](C)[C@H](OC(C)=O)[C@@H]1C. The van der Waals surface area contributed by atoms with Crippen molar-refractivity contribution in [2.24, 2.45) is 33.9 Å². The van der Waals surface area contributed by atoms with Gasteiger partial charge in [0.05, 0.1) is 58.7 Å². The number of aromatic nitrogens is 3. The highest BCUT2D eigenvalue weighted by atomic mass is 35.5. The topological polar surface area (TPSA) is 311 Å². The molecule has 1 unspecified atom stereocenters. The van der Waals surface area contributed by atoms with Gasteiger partial charge in [-0.3, -0.25) is 29.6 Å². The number of carbonyl (C=O) groups excluding carboxylic acids is 4. The highest BCUT2D eigenvalue weighted by molar-refractivity contribution is 7.99. The fourth-order valence-electron chi connectivity index (χ4n) is 11.3. The van der Waals surface area contributed by atoms with Crippen LogP contribution in [-0.2, 0) is 40.0 Å². The number of hydrogen-bond donors (Lipinski definition) is 7. The van der Waals surface area contributed by atoms with Gasteiger partial charge >= 0.3 is 11.8 Å². The fourth-order valence-corrected chi connectivity index (χ4v) is 12.6. The Kier molecular flexibility index (Phi) is 23.6. The number of methoxy groups -OCH3 is 1. The first-order chi connectivity index (χ1) is 44.2. The highest BCUT2D eigenvalue weighted by Gasteiger charge is 2.50. The number of para-hydroxylation sites is 1. The molecule has 1 aromatic heterocycles. The molecule has 5 bridgehead atoms. The molecule has 0 radical (unpaired) electrons. The van der Waals surface area contributed by atoms with Crippen molar-refractivity contribution < 1.29 is 73.2 Å². The normalized spacial score (nSPS) is 25.8. The number of anilines is 1. The van der Waals surface area contributed by atoms with Crippen molar-refractivity contribution in [3.63, 3.8) is 0 Å². The molecule has 1 saturated heterocycles. The number of nitrogens with zero attached hydrogens (tertiary/aromatic N) is 7. The van der Waals surface area contributed by atoms with Crippen molar-refractivity contribution >= 4 is 86.9 Å². The molecule has 24 nitrogen and oxygen atoms in total. The lowest BCUT2D eigenvalue weighted by molar-refractivity contribution is -0.160. The van der Waals surface area contributed by atoms with Crippen molar-refractivity contribution in [3.8, 4) is 28.7 Å².